The second-order valence-electron chi connectivity index (χ2n) is 9.11. The van der Waals surface area contributed by atoms with E-state index in [1.54, 1.807) is 6.07 Å². The summed E-state index contributed by atoms with van der Waals surface area (Å²) in [5, 5.41) is 9.18. The second-order valence-corrected chi connectivity index (χ2v) is 9.11. The number of nitrogens with zero attached hydrogens (tertiary/aromatic N) is 1. The SMILES string of the molecule is CO[C@H](C(=O)c1cc(-c2cccc(C)c2)c(CCCCO)o1)C(=O)N1C(=O)OC[C@H]1Cc1ccccc1. The number of aliphatic hydroxyl groups is 1. The number of unbranched alkanes of at least 4 members (excludes halogenated alkanes) is 1. The number of hydrogen-bond acceptors (Lipinski definition) is 7. The van der Waals surface area contributed by atoms with Crippen molar-refractivity contribution in [3.63, 3.8) is 0 Å². The Morgan fingerprint density at radius 1 is 1.11 bits per heavy atom. The van der Waals surface area contributed by atoms with E-state index in [9.17, 15) is 19.5 Å². The van der Waals surface area contributed by atoms with Crippen LogP contribution in [0.3, 0.4) is 0 Å². The van der Waals surface area contributed by atoms with Crippen LogP contribution in [0.25, 0.3) is 11.1 Å². The summed E-state index contributed by atoms with van der Waals surface area (Å²) in [5.74, 6) is -0.894. The Kier molecular flexibility index (Phi) is 8.53. The van der Waals surface area contributed by atoms with Crippen molar-refractivity contribution in [1.82, 2.24) is 4.90 Å². The number of carbonyl (C=O) groups is 3. The first-order valence-corrected chi connectivity index (χ1v) is 12.3. The van der Waals surface area contributed by atoms with Crippen molar-refractivity contribution >= 4 is 17.8 Å². The fraction of sp³-hybridized carbons (Fsp3) is 0.345. The van der Waals surface area contributed by atoms with Gasteiger partial charge in [0.05, 0.1) is 6.04 Å². The van der Waals surface area contributed by atoms with Crippen LogP contribution in [0.4, 0.5) is 4.79 Å². The minimum atomic E-state index is -1.56. The van der Waals surface area contributed by atoms with E-state index in [2.05, 4.69) is 0 Å². The standard InChI is InChI=1S/C29H31NO7/c1-19-9-8-12-21(15-19)23-17-25(37-24(23)13-6-7-14-31)26(32)27(35-2)28(33)30-22(18-36-29(30)34)16-20-10-4-3-5-11-20/h3-5,8-12,15,17,22,27,31H,6-7,13-14,16,18H2,1-2H3/t22-,27-/m1/s1. The Morgan fingerprint density at radius 3 is 2.59 bits per heavy atom. The third-order valence-corrected chi connectivity index (χ3v) is 6.40. The molecule has 1 saturated heterocycles. The van der Waals surface area contributed by atoms with Crippen LogP contribution in [-0.2, 0) is 27.1 Å². The van der Waals surface area contributed by atoms with E-state index in [0.717, 1.165) is 27.2 Å². The molecule has 1 fully saturated rings. The number of ketones is 1. The fourth-order valence-corrected chi connectivity index (χ4v) is 4.53. The van der Waals surface area contributed by atoms with E-state index in [4.69, 9.17) is 13.9 Å². The highest BCUT2D eigenvalue weighted by Crippen LogP contribution is 2.31. The molecule has 2 amide bonds. The number of methoxy groups -OCH3 is 1. The van der Waals surface area contributed by atoms with E-state index < -0.39 is 29.9 Å². The molecule has 2 atom stereocenters. The summed E-state index contributed by atoms with van der Waals surface area (Å²) < 4.78 is 16.4. The van der Waals surface area contributed by atoms with Gasteiger partial charge in [0.2, 0.25) is 11.9 Å². The molecule has 0 bridgehead atoms. The lowest BCUT2D eigenvalue weighted by atomic mass is 10.0. The number of hydrogen-bond donors (Lipinski definition) is 1. The smallest absolute Gasteiger partial charge is 0.417 e. The number of aliphatic hydroxyl groups excluding tert-OH is 1. The summed E-state index contributed by atoms with van der Waals surface area (Å²) in [6.07, 6.45) is -0.187. The van der Waals surface area contributed by atoms with Gasteiger partial charge in [-0.25, -0.2) is 9.69 Å². The predicted molar refractivity (Wildman–Crippen MR) is 136 cm³/mol. The minimum Gasteiger partial charge on any atom is -0.457 e. The third-order valence-electron chi connectivity index (χ3n) is 6.40. The van der Waals surface area contributed by atoms with Crippen LogP contribution >= 0.6 is 0 Å². The molecule has 8 heteroatoms. The van der Waals surface area contributed by atoms with Gasteiger partial charge in [-0.15, -0.1) is 0 Å². The van der Waals surface area contributed by atoms with Gasteiger partial charge in [0, 0.05) is 25.7 Å². The molecule has 2 aromatic carbocycles. The Balaban J connectivity index is 1.60. The van der Waals surface area contributed by atoms with Gasteiger partial charge >= 0.3 is 6.09 Å². The maximum atomic E-state index is 13.5. The molecule has 0 aliphatic carbocycles. The molecule has 3 aromatic rings. The van der Waals surface area contributed by atoms with Gasteiger partial charge < -0.3 is 19.0 Å². The zero-order chi connectivity index (χ0) is 26.4. The molecular weight excluding hydrogens is 474 g/mol. The molecular formula is C29H31NO7. The molecule has 194 valence electrons. The molecule has 8 nitrogen and oxygen atoms in total. The molecule has 37 heavy (non-hydrogen) atoms. The van der Waals surface area contributed by atoms with Gasteiger partial charge in [0.25, 0.3) is 5.91 Å². The van der Waals surface area contributed by atoms with Crippen molar-refractivity contribution in [3.05, 3.63) is 83.3 Å². The number of aryl methyl sites for hydroxylation is 2. The number of Topliss-reactive ketones (excluding diaryl/α,β-unsaturated/α-hetero) is 1. The molecule has 0 spiro atoms. The van der Waals surface area contributed by atoms with Crippen LogP contribution in [0.2, 0.25) is 0 Å². The van der Waals surface area contributed by atoms with E-state index >= 15 is 0 Å². The van der Waals surface area contributed by atoms with Crippen molar-refractivity contribution in [1.29, 1.82) is 0 Å². The maximum absolute atomic E-state index is 13.5. The second kappa shape index (κ2) is 12.0. The van der Waals surface area contributed by atoms with Crippen molar-refractivity contribution in [2.45, 2.75) is 44.8 Å². The first-order valence-electron chi connectivity index (χ1n) is 12.3. The Morgan fingerprint density at radius 2 is 1.89 bits per heavy atom. The van der Waals surface area contributed by atoms with Crippen molar-refractivity contribution in [2.24, 2.45) is 0 Å². The molecule has 0 saturated carbocycles. The third kappa shape index (κ3) is 5.98. The number of cyclic esters (lactones) is 1. The average Bonchev–Trinajstić information content (AvgIpc) is 3.48. The van der Waals surface area contributed by atoms with Crippen LogP contribution < -0.4 is 0 Å². The zero-order valence-electron chi connectivity index (χ0n) is 21.0. The van der Waals surface area contributed by atoms with Gasteiger partial charge in [-0.1, -0.05) is 60.2 Å². The molecule has 1 aliphatic heterocycles. The van der Waals surface area contributed by atoms with Gasteiger partial charge in [0.15, 0.2) is 5.76 Å². The van der Waals surface area contributed by atoms with Crippen LogP contribution in [0, 0.1) is 6.92 Å². The number of furan rings is 1. The number of amides is 2. The molecule has 1 N–H and O–H groups in total. The number of carbonyl (C=O) groups excluding carboxylic acids is 3. The summed E-state index contributed by atoms with van der Waals surface area (Å²) in [6, 6.07) is 18.3. The minimum absolute atomic E-state index is 0.0251. The lowest BCUT2D eigenvalue weighted by Crippen LogP contribution is -2.48. The topological polar surface area (TPSA) is 106 Å². The largest absolute Gasteiger partial charge is 0.457 e. The lowest BCUT2D eigenvalue weighted by molar-refractivity contribution is -0.137. The molecule has 1 aromatic heterocycles. The lowest BCUT2D eigenvalue weighted by Gasteiger charge is -2.23. The number of ether oxygens (including phenoxy) is 2. The van der Waals surface area contributed by atoms with Crippen LogP contribution in [0.5, 0.6) is 0 Å². The van der Waals surface area contributed by atoms with Crippen LogP contribution in [0.15, 0.2) is 65.1 Å². The van der Waals surface area contributed by atoms with Crippen molar-refractivity contribution in [3.8, 4) is 11.1 Å². The van der Waals surface area contributed by atoms with Gasteiger partial charge in [-0.2, -0.15) is 0 Å². The van der Waals surface area contributed by atoms with E-state index in [0.29, 0.717) is 31.4 Å². The maximum Gasteiger partial charge on any atom is 0.417 e. The summed E-state index contributed by atoms with van der Waals surface area (Å²) >= 11 is 0. The highest BCUT2D eigenvalue weighted by molar-refractivity contribution is 6.14. The molecule has 1 aliphatic rings. The first-order chi connectivity index (χ1) is 17.9. The normalized spacial score (nSPS) is 16.0. The Bertz CT molecular complexity index is 1250. The summed E-state index contributed by atoms with van der Waals surface area (Å²) in [5.41, 5.74) is 3.61. The van der Waals surface area contributed by atoms with Crippen LogP contribution in [0.1, 0.15) is 40.3 Å². The monoisotopic (exact) mass is 505 g/mol. The Labute approximate surface area is 215 Å². The molecule has 0 unspecified atom stereocenters. The highest BCUT2D eigenvalue weighted by Gasteiger charge is 2.44. The summed E-state index contributed by atoms with van der Waals surface area (Å²) in [4.78, 5) is 40.4. The number of imide groups is 1. The number of rotatable bonds is 11. The molecule has 0 radical (unpaired) electrons. The van der Waals surface area contributed by atoms with Crippen molar-refractivity contribution in [2.75, 3.05) is 20.3 Å². The van der Waals surface area contributed by atoms with Crippen LogP contribution in [-0.4, -0.2) is 60.3 Å². The molecule has 4 rings (SSSR count). The average molecular weight is 506 g/mol. The highest BCUT2D eigenvalue weighted by atomic mass is 16.6. The van der Waals surface area contributed by atoms with E-state index in [1.165, 1.54) is 7.11 Å². The Hall–Kier alpha value is -3.75. The summed E-state index contributed by atoms with van der Waals surface area (Å²) in [6.45, 7) is 2.07. The predicted octanol–water partition coefficient (Wildman–Crippen LogP) is 4.36. The van der Waals surface area contributed by atoms with E-state index in [1.807, 2.05) is 61.5 Å². The quantitative estimate of drug-likeness (QED) is 0.234. The number of benzene rings is 2. The fourth-order valence-electron chi connectivity index (χ4n) is 4.53. The first kappa shape index (κ1) is 26.3. The van der Waals surface area contributed by atoms with Gasteiger partial charge in [-0.05, 0) is 43.4 Å². The zero-order valence-corrected chi connectivity index (χ0v) is 21.0. The summed E-state index contributed by atoms with van der Waals surface area (Å²) in [7, 11) is 1.25. The van der Waals surface area contributed by atoms with Gasteiger partial charge in [-0.3, -0.25) is 9.59 Å². The van der Waals surface area contributed by atoms with E-state index in [-0.39, 0.29) is 19.0 Å². The molecule has 2 heterocycles. The van der Waals surface area contributed by atoms with Gasteiger partial charge in [0.1, 0.15) is 12.4 Å². The van der Waals surface area contributed by atoms with Crippen molar-refractivity contribution < 1.29 is 33.4 Å².